The van der Waals surface area contributed by atoms with Crippen molar-refractivity contribution in [3.63, 3.8) is 0 Å². The summed E-state index contributed by atoms with van der Waals surface area (Å²) in [5.41, 5.74) is 12.9. The quantitative estimate of drug-likeness (QED) is 0.337. The molecule has 0 aliphatic rings. The average molecular weight is 353 g/mol. The van der Waals surface area contributed by atoms with E-state index in [2.05, 4.69) is 6.58 Å². The molecule has 0 amide bonds. The standard InChI is InChI=1S/C13H16N2S.4C2H6/c1-3-5-12(8-10(2)14)16-13-7-4-6-11(15)9-13;4*1-2/h3-9H,1,14-15H2,2H3;4*1-2H3/b10-8+,12-5+;;;;. The molecule has 140 valence electrons. The molecule has 0 spiro atoms. The van der Waals surface area contributed by atoms with Crippen LogP contribution in [0, 0.1) is 0 Å². The van der Waals surface area contributed by atoms with E-state index >= 15 is 0 Å². The topological polar surface area (TPSA) is 52.0 Å². The maximum Gasteiger partial charge on any atom is 0.0325 e. The molecular weight excluding hydrogens is 312 g/mol. The number of thioether (sulfide) groups is 1. The van der Waals surface area contributed by atoms with E-state index in [4.69, 9.17) is 11.5 Å². The Morgan fingerprint density at radius 2 is 1.50 bits per heavy atom. The molecule has 0 aliphatic heterocycles. The molecule has 24 heavy (non-hydrogen) atoms. The van der Waals surface area contributed by atoms with Crippen LogP contribution in [0.25, 0.3) is 0 Å². The molecule has 0 bridgehead atoms. The first-order chi connectivity index (χ1) is 11.6. The monoisotopic (exact) mass is 352 g/mol. The van der Waals surface area contributed by atoms with Crippen LogP contribution < -0.4 is 11.5 Å². The van der Waals surface area contributed by atoms with Gasteiger partial charge in [-0.2, -0.15) is 0 Å². The molecule has 0 atom stereocenters. The van der Waals surface area contributed by atoms with Crippen molar-refractivity contribution in [1.82, 2.24) is 0 Å². The van der Waals surface area contributed by atoms with Crippen LogP contribution in [0.5, 0.6) is 0 Å². The Morgan fingerprint density at radius 1 is 1.00 bits per heavy atom. The largest absolute Gasteiger partial charge is 0.402 e. The van der Waals surface area contributed by atoms with Crippen molar-refractivity contribution in [2.24, 2.45) is 5.73 Å². The van der Waals surface area contributed by atoms with Crippen molar-refractivity contribution in [2.45, 2.75) is 67.2 Å². The van der Waals surface area contributed by atoms with Crippen molar-refractivity contribution in [3.05, 3.63) is 59.7 Å². The maximum atomic E-state index is 5.72. The summed E-state index contributed by atoms with van der Waals surface area (Å²) in [5, 5.41) is 0. The molecule has 1 rings (SSSR count). The number of allylic oxidation sites excluding steroid dienone is 4. The van der Waals surface area contributed by atoms with Gasteiger partial charge in [-0.25, -0.2) is 0 Å². The van der Waals surface area contributed by atoms with Crippen LogP contribution in [-0.2, 0) is 0 Å². The van der Waals surface area contributed by atoms with Crippen LogP contribution in [0.4, 0.5) is 5.69 Å². The summed E-state index contributed by atoms with van der Waals surface area (Å²) in [6.07, 6.45) is 5.58. The minimum atomic E-state index is 0.761. The fourth-order valence-electron chi connectivity index (χ4n) is 1.17. The van der Waals surface area contributed by atoms with Gasteiger partial charge in [-0.1, -0.05) is 85.9 Å². The second kappa shape index (κ2) is 26.3. The van der Waals surface area contributed by atoms with Crippen LogP contribution in [0.2, 0.25) is 0 Å². The zero-order valence-electron chi connectivity index (χ0n) is 17.3. The number of nitrogens with two attached hydrogens (primary N) is 2. The summed E-state index contributed by atoms with van der Waals surface area (Å²) in [4.78, 5) is 2.13. The lowest BCUT2D eigenvalue weighted by molar-refractivity contribution is 1.31. The summed E-state index contributed by atoms with van der Waals surface area (Å²) >= 11 is 1.61. The van der Waals surface area contributed by atoms with Gasteiger partial charge in [0.25, 0.3) is 0 Å². The number of nitrogen functional groups attached to an aromatic ring is 1. The molecule has 1 aromatic carbocycles. The Balaban J connectivity index is -0.000000218. The molecule has 0 saturated carbocycles. The maximum absolute atomic E-state index is 5.72. The van der Waals surface area contributed by atoms with Gasteiger partial charge in [0.05, 0.1) is 0 Å². The highest BCUT2D eigenvalue weighted by atomic mass is 32.2. The summed E-state index contributed by atoms with van der Waals surface area (Å²) in [7, 11) is 0. The highest BCUT2D eigenvalue weighted by Gasteiger charge is 1.98. The molecule has 0 unspecified atom stereocenters. The predicted octanol–water partition coefficient (Wildman–Crippen LogP) is 7.40. The van der Waals surface area contributed by atoms with E-state index in [0.29, 0.717) is 0 Å². The van der Waals surface area contributed by atoms with Gasteiger partial charge in [-0.3, -0.25) is 0 Å². The highest BCUT2D eigenvalue weighted by Crippen LogP contribution is 2.29. The molecule has 2 nitrogen and oxygen atoms in total. The first-order valence-corrected chi connectivity index (χ1v) is 9.73. The predicted molar refractivity (Wildman–Crippen MR) is 118 cm³/mol. The third-order valence-corrected chi connectivity index (χ3v) is 2.73. The van der Waals surface area contributed by atoms with Gasteiger partial charge in [-0.15, -0.1) is 0 Å². The van der Waals surface area contributed by atoms with Crippen LogP contribution >= 0.6 is 11.8 Å². The van der Waals surface area contributed by atoms with Gasteiger partial charge in [0.1, 0.15) is 0 Å². The zero-order valence-corrected chi connectivity index (χ0v) is 18.1. The smallest absolute Gasteiger partial charge is 0.0325 e. The first-order valence-electron chi connectivity index (χ1n) is 8.91. The summed E-state index contributed by atoms with van der Waals surface area (Å²) in [6, 6.07) is 7.74. The van der Waals surface area contributed by atoms with Crippen molar-refractivity contribution in [1.29, 1.82) is 0 Å². The third kappa shape index (κ3) is 20.4. The van der Waals surface area contributed by atoms with E-state index in [1.165, 1.54) is 0 Å². The molecule has 3 heteroatoms. The van der Waals surface area contributed by atoms with E-state index in [-0.39, 0.29) is 0 Å². The van der Waals surface area contributed by atoms with Crippen LogP contribution in [0.3, 0.4) is 0 Å². The highest BCUT2D eigenvalue weighted by molar-refractivity contribution is 8.03. The number of hydrogen-bond acceptors (Lipinski definition) is 3. The SMILES string of the molecule is C=C/C=C(\C=C(/C)N)Sc1cccc(N)c1.CC.CC.CC.CC. The van der Waals surface area contributed by atoms with E-state index < -0.39 is 0 Å². The average Bonchev–Trinajstić information content (AvgIpc) is 2.62. The number of hydrogen-bond donors (Lipinski definition) is 2. The normalized spacial score (nSPS) is 9.38. The fourth-order valence-corrected chi connectivity index (χ4v) is 2.19. The van der Waals surface area contributed by atoms with Gasteiger partial charge in [0.15, 0.2) is 0 Å². The van der Waals surface area contributed by atoms with Gasteiger partial charge >= 0.3 is 0 Å². The molecule has 0 fully saturated rings. The van der Waals surface area contributed by atoms with Gasteiger partial charge in [0.2, 0.25) is 0 Å². The number of rotatable bonds is 4. The zero-order chi connectivity index (χ0) is 20.0. The Labute approximate surface area is 156 Å². The van der Waals surface area contributed by atoms with Gasteiger partial charge < -0.3 is 11.5 Å². The third-order valence-electron chi connectivity index (χ3n) is 1.75. The van der Waals surface area contributed by atoms with Crippen molar-refractivity contribution >= 4 is 17.4 Å². The van der Waals surface area contributed by atoms with E-state index in [9.17, 15) is 0 Å². The summed E-state index contributed by atoms with van der Waals surface area (Å²) in [5.74, 6) is 0. The number of anilines is 1. The second-order valence-electron chi connectivity index (χ2n) is 3.37. The van der Waals surface area contributed by atoms with Crippen molar-refractivity contribution in [3.8, 4) is 0 Å². The molecule has 4 N–H and O–H groups in total. The van der Waals surface area contributed by atoms with Crippen molar-refractivity contribution in [2.75, 3.05) is 5.73 Å². The molecular formula is C21H40N2S. The first kappa shape index (κ1) is 30.3. The second-order valence-corrected chi connectivity index (χ2v) is 4.51. The van der Waals surface area contributed by atoms with Gasteiger partial charge in [-0.05, 0) is 37.3 Å². The van der Waals surface area contributed by atoms with E-state index in [1.807, 2.05) is 98.7 Å². The molecule has 0 aliphatic carbocycles. The summed E-state index contributed by atoms with van der Waals surface area (Å²) < 4.78 is 0. The van der Waals surface area contributed by atoms with Crippen LogP contribution in [0.15, 0.2) is 64.6 Å². The number of benzene rings is 1. The Bertz CT molecular complexity index is 431. The fraction of sp³-hybridized carbons (Fsp3) is 0.429. The Hall–Kier alpha value is -1.61. The summed E-state index contributed by atoms with van der Waals surface area (Å²) in [6.45, 7) is 21.5. The Morgan fingerprint density at radius 3 is 1.88 bits per heavy atom. The van der Waals surface area contributed by atoms with E-state index in [0.717, 1.165) is 21.2 Å². The minimum Gasteiger partial charge on any atom is -0.402 e. The Kier molecular flexibility index (Phi) is 33.2. The molecule has 0 radical (unpaired) electrons. The molecule has 0 heterocycles. The van der Waals surface area contributed by atoms with Crippen molar-refractivity contribution < 1.29 is 0 Å². The molecule has 0 aromatic heterocycles. The molecule has 0 saturated heterocycles. The lowest BCUT2D eigenvalue weighted by Gasteiger charge is -2.03. The van der Waals surface area contributed by atoms with Gasteiger partial charge in [0, 0.05) is 21.2 Å². The van der Waals surface area contributed by atoms with Crippen LogP contribution in [0.1, 0.15) is 62.3 Å². The minimum absolute atomic E-state index is 0.761. The lowest BCUT2D eigenvalue weighted by atomic mass is 10.3. The van der Waals surface area contributed by atoms with Crippen LogP contribution in [-0.4, -0.2) is 0 Å². The lowest BCUT2D eigenvalue weighted by Crippen LogP contribution is -1.90. The molecule has 1 aromatic rings. The van der Waals surface area contributed by atoms with E-state index in [1.54, 1.807) is 17.8 Å².